The van der Waals surface area contributed by atoms with Crippen LogP contribution in [0.15, 0.2) is 42.6 Å². The fourth-order valence-corrected chi connectivity index (χ4v) is 2.11. The summed E-state index contributed by atoms with van der Waals surface area (Å²) >= 11 is 0. The van der Waals surface area contributed by atoms with E-state index in [1.165, 1.54) is 0 Å². The standard InChI is InChI=1S/C16H10F3N5O/c17-16(18,19)12-4-5-14(21-8-12)25-9-10-2-1-3-11(6-10)15-13(7-20)22-24-23-15/h1-6,8H,9H2,(H,22,23,24). The van der Waals surface area contributed by atoms with Gasteiger partial charge in [0.25, 0.3) is 0 Å². The van der Waals surface area contributed by atoms with Crippen LogP contribution in [-0.4, -0.2) is 20.4 Å². The zero-order valence-corrected chi connectivity index (χ0v) is 12.6. The molecule has 126 valence electrons. The van der Waals surface area contributed by atoms with Crippen molar-refractivity contribution in [3.8, 4) is 23.2 Å². The Labute approximate surface area is 139 Å². The monoisotopic (exact) mass is 345 g/mol. The maximum absolute atomic E-state index is 12.5. The first kappa shape index (κ1) is 16.4. The first-order chi connectivity index (χ1) is 12.0. The minimum Gasteiger partial charge on any atom is -0.473 e. The van der Waals surface area contributed by atoms with Gasteiger partial charge in [-0.25, -0.2) is 4.98 Å². The van der Waals surface area contributed by atoms with Gasteiger partial charge in [0.1, 0.15) is 18.4 Å². The molecule has 0 radical (unpaired) electrons. The summed E-state index contributed by atoms with van der Waals surface area (Å²) in [4.78, 5) is 3.65. The lowest BCUT2D eigenvalue weighted by atomic mass is 10.1. The Balaban J connectivity index is 1.72. The number of nitrogens with zero attached hydrogens (tertiary/aromatic N) is 4. The largest absolute Gasteiger partial charge is 0.473 e. The van der Waals surface area contributed by atoms with Crippen molar-refractivity contribution >= 4 is 0 Å². The molecule has 6 nitrogen and oxygen atoms in total. The molecule has 0 spiro atoms. The van der Waals surface area contributed by atoms with E-state index in [0.717, 1.165) is 23.9 Å². The minimum absolute atomic E-state index is 0.0811. The number of hydrogen-bond donors (Lipinski definition) is 1. The first-order valence-electron chi connectivity index (χ1n) is 7.03. The summed E-state index contributed by atoms with van der Waals surface area (Å²) in [5.41, 5.74) is 1.16. The second-order valence-corrected chi connectivity index (χ2v) is 5.00. The Bertz CT molecular complexity index is 913. The molecule has 0 fully saturated rings. The van der Waals surface area contributed by atoms with Gasteiger partial charge in [0.15, 0.2) is 5.69 Å². The molecule has 0 bridgehead atoms. The van der Waals surface area contributed by atoms with Gasteiger partial charge in [-0.05, 0) is 17.7 Å². The molecular formula is C16H10F3N5O. The zero-order valence-electron chi connectivity index (χ0n) is 12.6. The second-order valence-electron chi connectivity index (χ2n) is 5.00. The Hall–Kier alpha value is -3.41. The molecule has 3 rings (SSSR count). The highest BCUT2D eigenvalue weighted by Gasteiger charge is 2.30. The van der Waals surface area contributed by atoms with Gasteiger partial charge in [0.05, 0.1) is 5.56 Å². The fraction of sp³-hybridized carbons (Fsp3) is 0.125. The predicted octanol–water partition coefficient (Wildman–Crippen LogP) is 3.34. The third-order valence-electron chi connectivity index (χ3n) is 3.30. The summed E-state index contributed by atoms with van der Waals surface area (Å²) in [7, 11) is 0. The van der Waals surface area contributed by atoms with Crippen molar-refractivity contribution in [1.82, 2.24) is 20.4 Å². The lowest BCUT2D eigenvalue weighted by molar-refractivity contribution is -0.137. The predicted molar refractivity (Wildman–Crippen MR) is 80.1 cm³/mol. The van der Waals surface area contributed by atoms with Gasteiger partial charge < -0.3 is 4.74 Å². The van der Waals surface area contributed by atoms with E-state index in [1.54, 1.807) is 24.3 Å². The number of alkyl halides is 3. The normalized spacial score (nSPS) is 11.1. The Morgan fingerprint density at radius 3 is 2.68 bits per heavy atom. The average Bonchev–Trinajstić information content (AvgIpc) is 3.08. The number of pyridine rings is 1. The van der Waals surface area contributed by atoms with Crippen LogP contribution in [0.25, 0.3) is 11.3 Å². The molecule has 0 unspecified atom stereocenters. The summed E-state index contributed by atoms with van der Waals surface area (Å²) in [5.74, 6) is 0.0811. The summed E-state index contributed by atoms with van der Waals surface area (Å²) in [6.45, 7) is 0.103. The Kier molecular flexibility index (Phi) is 4.35. The molecule has 0 aliphatic carbocycles. The van der Waals surface area contributed by atoms with Crippen LogP contribution in [0.2, 0.25) is 0 Å². The number of benzene rings is 1. The molecule has 25 heavy (non-hydrogen) atoms. The van der Waals surface area contributed by atoms with Crippen molar-refractivity contribution in [1.29, 1.82) is 5.26 Å². The molecule has 0 saturated carbocycles. The number of aromatic amines is 1. The quantitative estimate of drug-likeness (QED) is 0.783. The number of rotatable bonds is 4. The molecule has 0 aliphatic heterocycles. The van der Waals surface area contributed by atoms with E-state index < -0.39 is 11.7 Å². The SMILES string of the molecule is N#Cc1n[nH]nc1-c1cccc(COc2ccc(C(F)(F)F)cn2)c1. The highest BCUT2D eigenvalue weighted by molar-refractivity contribution is 5.64. The molecule has 1 aromatic carbocycles. The molecule has 0 aliphatic rings. The zero-order chi connectivity index (χ0) is 17.9. The van der Waals surface area contributed by atoms with E-state index in [9.17, 15) is 13.2 Å². The van der Waals surface area contributed by atoms with E-state index in [1.807, 2.05) is 6.07 Å². The van der Waals surface area contributed by atoms with Crippen molar-refractivity contribution in [2.24, 2.45) is 0 Å². The van der Waals surface area contributed by atoms with E-state index in [4.69, 9.17) is 10.00 Å². The van der Waals surface area contributed by atoms with Crippen molar-refractivity contribution in [3.63, 3.8) is 0 Å². The van der Waals surface area contributed by atoms with Gasteiger partial charge >= 0.3 is 6.18 Å². The first-order valence-corrected chi connectivity index (χ1v) is 7.03. The van der Waals surface area contributed by atoms with Gasteiger partial charge in [-0.1, -0.05) is 18.2 Å². The number of ether oxygens (including phenoxy) is 1. The average molecular weight is 345 g/mol. The lowest BCUT2D eigenvalue weighted by Crippen LogP contribution is -2.06. The number of aromatic nitrogens is 4. The summed E-state index contributed by atoms with van der Waals surface area (Å²) in [6, 6.07) is 11.1. The Morgan fingerprint density at radius 2 is 2.00 bits per heavy atom. The molecule has 0 saturated heterocycles. The molecule has 0 amide bonds. The molecule has 3 aromatic rings. The van der Waals surface area contributed by atoms with Crippen molar-refractivity contribution in [2.75, 3.05) is 0 Å². The maximum Gasteiger partial charge on any atom is 0.417 e. The highest BCUT2D eigenvalue weighted by Crippen LogP contribution is 2.29. The van der Waals surface area contributed by atoms with E-state index in [0.29, 0.717) is 11.3 Å². The summed E-state index contributed by atoms with van der Waals surface area (Å²) in [5, 5.41) is 19.0. The third kappa shape index (κ3) is 3.74. The number of halogens is 3. The van der Waals surface area contributed by atoms with Crippen LogP contribution >= 0.6 is 0 Å². The smallest absolute Gasteiger partial charge is 0.417 e. The molecule has 2 heterocycles. The van der Waals surface area contributed by atoms with Crippen LogP contribution < -0.4 is 4.74 Å². The molecule has 2 aromatic heterocycles. The number of H-pyrrole nitrogens is 1. The molecular weight excluding hydrogens is 335 g/mol. The third-order valence-corrected chi connectivity index (χ3v) is 3.30. The lowest BCUT2D eigenvalue weighted by Gasteiger charge is -2.09. The highest BCUT2D eigenvalue weighted by atomic mass is 19.4. The molecule has 1 N–H and O–H groups in total. The van der Waals surface area contributed by atoms with E-state index in [-0.39, 0.29) is 18.2 Å². The number of nitriles is 1. The summed E-state index contributed by atoms with van der Waals surface area (Å²) in [6.07, 6.45) is -3.71. The van der Waals surface area contributed by atoms with E-state index in [2.05, 4.69) is 20.4 Å². The van der Waals surface area contributed by atoms with Gasteiger partial charge in [-0.15, -0.1) is 5.10 Å². The van der Waals surface area contributed by atoms with Crippen LogP contribution in [0.5, 0.6) is 5.88 Å². The van der Waals surface area contributed by atoms with Crippen LogP contribution in [-0.2, 0) is 12.8 Å². The van der Waals surface area contributed by atoms with Crippen molar-refractivity contribution < 1.29 is 17.9 Å². The fourth-order valence-electron chi connectivity index (χ4n) is 2.11. The van der Waals surface area contributed by atoms with Crippen LogP contribution in [0.4, 0.5) is 13.2 Å². The topological polar surface area (TPSA) is 87.5 Å². The van der Waals surface area contributed by atoms with Crippen molar-refractivity contribution in [3.05, 3.63) is 59.4 Å². The van der Waals surface area contributed by atoms with Crippen molar-refractivity contribution in [2.45, 2.75) is 12.8 Å². The van der Waals surface area contributed by atoms with Gasteiger partial charge in [0, 0.05) is 17.8 Å². The Morgan fingerprint density at radius 1 is 1.16 bits per heavy atom. The number of nitrogens with one attached hydrogen (secondary N) is 1. The molecule has 0 atom stereocenters. The van der Waals surface area contributed by atoms with Crippen LogP contribution in [0.1, 0.15) is 16.8 Å². The van der Waals surface area contributed by atoms with Gasteiger partial charge in [-0.2, -0.15) is 28.7 Å². The van der Waals surface area contributed by atoms with Crippen LogP contribution in [0.3, 0.4) is 0 Å². The number of hydrogen-bond acceptors (Lipinski definition) is 5. The van der Waals surface area contributed by atoms with Crippen LogP contribution in [0, 0.1) is 11.3 Å². The maximum atomic E-state index is 12.5. The van der Waals surface area contributed by atoms with E-state index >= 15 is 0 Å². The van der Waals surface area contributed by atoms with Gasteiger partial charge in [-0.3, -0.25) is 0 Å². The second kappa shape index (κ2) is 6.60. The summed E-state index contributed by atoms with van der Waals surface area (Å²) < 4.78 is 42.9. The van der Waals surface area contributed by atoms with Gasteiger partial charge in [0.2, 0.25) is 5.88 Å². The minimum atomic E-state index is -4.43. The molecule has 9 heteroatoms.